The first-order chi connectivity index (χ1) is 10.9. The molecule has 0 aliphatic carbocycles. The Kier molecular flexibility index (Phi) is 5.80. The minimum atomic E-state index is -2.90. The van der Waals surface area contributed by atoms with Gasteiger partial charge in [-0.3, -0.25) is 4.79 Å². The third-order valence-electron chi connectivity index (χ3n) is 3.11. The summed E-state index contributed by atoms with van der Waals surface area (Å²) in [5, 5.41) is 3.40. The number of amides is 1. The Hall–Kier alpha value is -1.85. The molecule has 2 aromatic carbocycles. The molecule has 0 fully saturated rings. The average molecular weight is 360 g/mol. The van der Waals surface area contributed by atoms with Crippen LogP contribution in [0.15, 0.2) is 42.5 Å². The quantitative estimate of drug-likeness (QED) is 0.807. The maximum atomic E-state index is 12.2. The van der Waals surface area contributed by atoms with E-state index in [1.807, 2.05) is 0 Å². The summed E-state index contributed by atoms with van der Waals surface area (Å²) in [5.74, 6) is -0.359. The molecule has 0 radical (unpaired) electrons. The lowest BCUT2D eigenvalue weighted by molar-refractivity contribution is -0.0499. The number of carbonyl (C=O) groups excluding carboxylic acids is 1. The molecule has 0 bridgehead atoms. The summed E-state index contributed by atoms with van der Waals surface area (Å²) in [6, 6.07) is 10.3. The van der Waals surface area contributed by atoms with E-state index in [4.69, 9.17) is 23.2 Å². The fourth-order valence-corrected chi connectivity index (χ4v) is 2.49. The second-order valence-electron chi connectivity index (χ2n) is 4.77. The van der Waals surface area contributed by atoms with Crippen LogP contribution >= 0.6 is 23.2 Å². The summed E-state index contributed by atoms with van der Waals surface area (Å²) in [7, 11) is 0. The highest BCUT2D eigenvalue weighted by atomic mass is 35.5. The number of ether oxygens (including phenoxy) is 1. The van der Waals surface area contributed by atoms with Crippen molar-refractivity contribution in [2.45, 2.75) is 19.6 Å². The third kappa shape index (κ3) is 4.81. The van der Waals surface area contributed by atoms with Crippen LogP contribution in [0.1, 0.15) is 28.9 Å². The number of hydrogen-bond acceptors (Lipinski definition) is 2. The number of alkyl halides is 2. The second kappa shape index (κ2) is 7.62. The highest BCUT2D eigenvalue weighted by Gasteiger charge is 2.15. The van der Waals surface area contributed by atoms with Gasteiger partial charge in [-0.15, -0.1) is 0 Å². The number of carbonyl (C=O) groups is 1. The zero-order valence-electron chi connectivity index (χ0n) is 12.0. The number of hydrogen-bond donors (Lipinski definition) is 1. The van der Waals surface area contributed by atoms with Crippen LogP contribution in [-0.4, -0.2) is 12.5 Å². The van der Waals surface area contributed by atoms with Gasteiger partial charge in [0.15, 0.2) is 0 Å². The fraction of sp³-hybridized carbons (Fsp3) is 0.188. The first-order valence-electron chi connectivity index (χ1n) is 6.67. The zero-order chi connectivity index (χ0) is 17.0. The van der Waals surface area contributed by atoms with Crippen LogP contribution in [0, 0.1) is 0 Å². The largest absolute Gasteiger partial charge is 0.435 e. The van der Waals surface area contributed by atoms with Crippen LogP contribution in [0.5, 0.6) is 5.75 Å². The first kappa shape index (κ1) is 17.5. The summed E-state index contributed by atoms with van der Waals surface area (Å²) in [5.41, 5.74) is 0.907. The van der Waals surface area contributed by atoms with Gasteiger partial charge >= 0.3 is 6.61 Å². The molecule has 0 spiro atoms. The Bertz CT molecular complexity index is 710. The Morgan fingerprint density at radius 3 is 2.57 bits per heavy atom. The molecule has 1 unspecified atom stereocenters. The van der Waals surface area contributed by atoms with E-state index in [9.17, 15) is 13.6 Å². The normalized spacial score (nSPS) is 12.1. The van der Waals surface area contributed by atoms with Gasteiger partial charge in [0.2, 0.25) is 0 Å². The molecule has 0 aliphatic rings. The lowest BCUT2D eigenvalue weighted by Gasteiger charge is -2.16. The maximum Gasteiger partial charge on any atom is 0.387 e. The van der Waals surface area contributed by atoms with Crippen molar-refractivity contribution < 1.29 is 18.3 Å². The van der Waals surface area contributed by atoms with Crippen molar-refractivity contribution in [2.24, 2.45) is 0 Å². The Morgan fingerprint density at radius 1 is 1.17 bits per heavy atom. The van der Waals surface area contributed by atoms with Gasteiger partial charge in [-0.25, -0.2) is 0 Å². The van der Waals surface area contributed by atoms with Crippen molar-refractivity contribution >= 4 is 29.1 Å². The van der Waals surface area contributed by atoms with E-state index in [1.54, 1.807) is 25.1 Å². The smallest absolute Gasteiger partial charge is 0.387 e. The fourth-order valence-electron chi connectivity index (χ4n) is 1.99. The minimum absolute atomic E-state index is 0.0307. The van der Waals surface area contributed by atoms with Crippen LogP contribution < -0.4 is 10.1 Å². The second-order valence-corrected chi connectivity index (χ2v) is 5.61. The number of nitrogens with one attached hydrogen (secondary N) is 1. The van der Waals surface area contributed by atoms with Crippen LogP contribution in [0.2, 0.25) is 10.0 Å². The van der Waals surface area contributed by atoms with Gasteiger partial charge in [-0.1, -0.05) is 35.3 Å². The van der Waals surface area contributed by atoms with Crippen LogP contribution in [-0.2, 0) is 0 Å². The molecule has 23 heavy (non-hydrogen) atoms. The van der Waals surface area contributed by atoms with Gasteiger partial charge < -0.3 is 10.1 Å². The number of benzene rings is 2. The average Bonchev–Trinajstić information content (AvgIpc) is 2.46. The molecular formula is C16H13Cl2F2NO2. The van der Waals surface area contributed by atoms with E-state index < -0.39 is 12.7 Å². The summed E-state index contributed by atoms with van der Waals surface area (Å²) in [6.07, 6.45) is 0. The molecule has 2 aromatic rings. The molecule has 1 N–H and O–H groups in total. The molecule has 7 heteroatoms. The van der Waals surface area contributed by atoms with Gasteiger partial charge in [0.05, 0.1) is 16.6 Å². The van der Waals surface area contributed by atoms with Crippen LogP contribution in [0.25, 0.3) is 0 Å². The van der Waals surface area contributed by atoms with E-state index in [-0.39, 0.29) is 22.2 Å². The summed E-state index contributed by atoms with van der Waals surface area (Å²) in [4.78, 5) is 12.2. The van der Waals surface area contributed by atoms with E-state index in [0.29, 0.717) is 10.6 Å². The van der Waals surface area contributed by atoms with E-state index >= 15 is 0 Å². The Morgan fingerprint density at radius 2 is 1.91 bits per heavy atom. The molecular weight excluding hydrogens is 347 g/mol. The molecule has 2 rings (SSSR count). The lowest BCUT2D eigenvalue weighted by atomic mass is 10.1. The molecule has 0 saturated heterocycles. The van der Waals surface area contributed by atoms with Crippen molar-refractivity contribution in [1.29, 1.82) is 0 Å². The van der Waals surface area contributed by atoms with Gasteiger partial charge in [0, 0.05) is 5.02 Å². The van der Waals surface area contributed by atoms with Gasteiger partial charge in [0.25, 0.3) is 5.91 Å². The molecule has 0 aliphatic heterocycles. The van der Waals surface area contributed by atoms with Gasteiger partial charge in [-0.05, 0) is 42.8 Å². The Labute approximate surface area is 142 Å². The van der Waals surface area contributed by atoms with Gasteiger partial charge in [0.1, 0.15) is 5.75 Å². The zero-order valence-corrected chi connectivity index (χ0v) is 13.5. The summed E-state index contributed by atoms with van der Waals surface area (Å²) < 4.78 is 28.8. The molecule has 1 atom stereocenters. The third-order valence-corrected chi connectivity index (χ3v) is 3.65. The van der Waals surface area contributed by atoms with Crippen LogP contribution in [0.3, 0.4) is 0 Å². The molecule has 3 nitrogen and oxygen atoms in total. The highest BCUT2D eigenvalue weighted by molar-refractivity contribution is 6.36. The van der Waals surface area contributed by atoms with Crippen molar-refractivity contribution in [1.82, 2.24) is 5.32 Å². The number of halogens is 4. The maximum absolute atomic E-state index is 12.2. The van der Waals surface area contributed by atoms with Crippen molar-refractivity contribution in [3.63, 3.8) is 0 Å². The van der Waals surface area contributed by atoms with E-state index in [1.165, 1.54) is 24.3 Å². The van der Waals surface area contributed by atoms with Crippen molar-refractivity contribution in [3.8, 4) is 5.75 Å². The summed E-state index contributed by atoms with van der Waals surface area (Å²) in [6.45, 7) is -1.17. The molecule has 0 aromatic heterocycles. The van der Waals surface area contributed by atoms with Crippen molar-refractivity contribution in [2.75, 3.05) is 0 Å². The monoisotopic (exact) mass is 359 g/mol. The minimum Gasteiger partial charge on any atom is -0.435 e. The highest BCUT2D eigenvalue weighted by Crippen LogP contribution is 2.23. The molecule has 0 heterocycles. The SMILES string of the molecule is CC(NC(=O)c1ccc(Cl)cc1Cl)c1cccc(OC(F)F)c1. The van der Waals surface area contributed by atoms with Gasteiger partial charge in [-0.2, -0.15) is 8.78 Å². The number of rotatable bonds is 5. The molecule has 0 saturated carbocycles. The predicted octanol–water partition coefficient (Wildman–Crippen LogP) is 5.09. The van der Waals surface area contributed by atoms with E-state index in [2.05, 4.69) is 10.1 Å². The Balaban J connectivity index is 2.12. The molecule has 1 amide bonds. The first-order valence-corrected chi connectivity index (χ1v) is 7.43. The summed E-state index contributed by atoms with van der Waals surface area (Å²) >= 11 is 11.8. The molecule has 122 valence electrons. The predicted molar refractivity (Wildman–Crippen MR) is 85.4 cm³/mol. The standard InChI is InChI=1S/C16H13Cl2F2NO2/c1-9(10-3-2-4-12(7-10)23-16(19)20)21-15(22)13-6-5-11(17)8-14(13)18/h2-9,16H,1H3,(H,21,22). The van der Waals surface area contributed by atoms with Crippen LogP contribution in [0.4, 0.5) is 8.78 Å². The topological polar surface area (TPSA) is 38.3 Å². The van der Waals surface area contributed by atoms with Crippen molar-refractivity contribution in [3.05, 3.63) is 63.6 Å². The lowest BCUT2D eigenvalue weighted by Crippen LogP contribution is -2.26. The van der Waals surface area contributed by atoms with E-state index in [0.717, 1.165) is 0 Å².